The van der Waals surface area contributed by atoms with Crippen LogP contribution in [0.4, 0.5) is 0 Å². The van der Waals surface area contributed by atoms with Gasteiger partial charge < -0.3 is 5.32 Å². The maximum Gasteiger partial charge on any atom is 0.0349 e. The maximum absolute atomic E-state index is 3.48. The predicted molar refractivity (Wildman–Crippen MR) is 118 cm³/mol. The van der Waals surface area contributed by atoms with Gasteiger partial charge in [-0.25, -0.2) is 0 Å². The third-order valence-electron chi connectivity index (χ3n) is 4.99. The van der Waals surface area contributed by atoms with E-state index in [2.05, 4.69) is 78.7 Å². The molecule has 0 bridgehead atoms. The van der Waals surface area contributed by atoms with Crippen molar-refractivity contribution in [3.63, 3.8) is 0 Å². The highest BCUT2D eigenvalue weighted by molar-refractivity contribution is 5.85. The van der Waals surface area contributed by atoms with E-state index in [0.717, 1.165) is 32.1 Å². The summed E-state index contributed by atoms with van der Waals surface area (Å²) in [6, 6.07) is 20.4. The lowest BCUT2D eigenvalue weighted by Crippen LogP contribution is -2.45. The van der Waals surface area contributed by atoms with Gasteiger partial charge in [0, 0.05) is 32.2 Å². The van der Waals surface area contributed by atoms with E-state index in [1.54, 1.807) is 0 Å². The first kappa shape index (κ1) is 23.0. The summed E-state index contributed by atoms with van der Waals surface area (Å²) in [5.74, 6) is 0.757. The van der Waals surface area contributed by atoms with E-state index in [1.807, 2.05) is 0 Å². The Bertz CT molecular complexity index is 625. The zero-order valence-electron chi connectivity index (χ0n) is 15.9. The van der Waals surface area contributed by atoms with Crippen molar-refractivity contribution in [1.29, 1.82) is 0 Å². The van der Waals surface area contributed by atoms with Crippen LogP contribution in [0.25, 0.3) is 11.1 Å². The van der Waals surface area contributed by atoms with Crippen LogP contribution in [0.5, 0.6) is 0 Å². The van der Waals surface area contributed by atoms with Crippen LogP contribution in [0.15, 0.2) is 54.6 Å². The predicted octanol–water partition coefficient (Wildman–Crippen LogP) is 5.58. The van der Waals surface area contributed by atoms with E-state index < -0.39 is 0 Å². The van der Waals surface area contributed by atoms with Crippen molar-refractivity contribution in [3.05, 3.63) is 60.2 Å². The molecule has 2 aromatic rings. The van der Waals surface area contributed by atoms with Crippen molar-refractivity contribution in [2.75, 3.05) is 26.2 Å². The van der Waals surface area contributed by atoms with Gasteiger partial charge in [0.15, 0.2) is 0 Å². The molecular weight excluding hydrogens is 363 g/mol. The van der Waals surface area contributed by atoms with Crippen molar-refractivity contribution >= 4 is 24.8 Å². The standard InChI is InChI=1S/C22H30N2.2ClH/c1-18(2)11-12-22(24-15-13-23-14-16-24)21-10-6-9-20(17-21)19-7-4-3-5-8-19;;/h3-10,17-18,22-23H,11-16H2,1-2H3;2*1H/t22-;;/m1../s1. The third-order valence-corrected chi connectivity index (χ3v) is 4.99. The minimum atomic E-state index is 0. The van der Waals surface area contributed by atoms with E-state index in [9.17, 15) is 0 Å². The van der Waals surface area contributed by atoms with Crippen LogP contribution < -0.4 is 5.32 Å². The number of halogens is 2. The van der Waals surface area contributed by atoms with Crippen LogP contribution >= 0.6 is 24.8 Å². The first-order valence-electron chi connectivity index (χ1n) is 9.34. The number of nitrogens with zero attached hydrogens (tertiary/aromatic N) is 1. The van der Waals surface area contributed by atoms with Crippen LogP contribution in [0.1, 0.15) is 38.3 Å². The molecule has 2 nitrogen and oxygen atoms in total. The van der Waals surface area contributed by atoms with Crippen LogP contribution in [0, 0.1) is 5.92 Å². The zero-order valence-corrected chi connectivity index (χ0v) is 17.5. The Kier molecular flexibility index (Phi) is 10.3. The molecule has 0 spiro atoms. The summed E-state index contributed by atoms with van der Waals surface area (Å²) in [5, 5.41) is 3.48. The molecule has 3 rings (SSSR count). The molecule has 0 unspecified atom stereocenters. The topological polar surface area (TPSA) is 15.3 Å². The van der Waals surface area contributed by atoms with Gasteiger partial charge in [-0.3, -0.25) is 4.90 Å². The second-order valence-corrected chi connectivity index (χ2v) is 7.26. The fourth-order valence-corrected chi connectivity index (χ4v) is 3.60. The molecule has 2 aromatic carbocycles. The summed E-state index contributed by atoms with van der Waals surface area (Å²) in [7, 11) is 0. The van der Waals surface area contributed by atoms with E-state index in [1.165, 1.54) is 29.5 Å². The van der Waals surface area contributed by atoms with Gasteiger partial charge >= 0.3 is 0 Å². The summed E-state index contributed by atoms with van der Waals surface area (Å²) in [6.07, 6.45) is 2.53. The molecule has 0 saturated carbocycles. The molecule has 1 N–H and O–H groups in total. The number of benzene rings is 2. The van der Waals surface area contributed by atoms with Gasteiger partial charge in [0.25, 0.3) is 0 Å². The van der Waals surface area contributed by atoms with Gasteiger partial charge in [-0.1, -0.05) is 62.4 Å². The van der Waals surface area contributed by atoms with Crippen LogP contribution in [-0.2, 0) is 0 Å². The Morgan fingerprint density at radius 2 is 1.50 bits per heavy atom. The lowest BCUT2D eigenvalue weighted by molar-refractivity contribution is 0.160. The molecule has 0 aromatic heterocycles. The lowest BCUT2D eigenvalue weighted by Gasteiger charge is -2.36. The maximum atomic E-state index is 3.48. The highest BCUT2D eigenvalue weighted by Crippen LogP contribution is 2.30. The summed E-state index contributed by atoms with van der Waals surface area (Å²) in [6.45, 7) is 9.17. The smallest absolute Gasteiger partial charge is 0.0349 e. The largest absolute Gasteiger partial charge is 0.314 e. The van der Waals surface area contributed by atoms with Gasteiger partial charge in [-0.2, -0.15) is 0 Å². The SMILES string of the molecule is CC(C)CC[C@H](c1cccc(-c2ccccc2)c1)N1CCNCC1.Cl.Cl. The van der Waals surface area contributed by atoms with Gasteiger partial charge in [-0.15, -0.1) is 24.8 Å². The second kappa shape index (κ2) is 11.6. The van der Waals surface area contributed by atoms with Gasteiger partial charge in [-0.05, 0) is 41.5 Å². The Hall–Kier alpha value is -1.06. The molecule has 1 saturated heterocycles. The second-order valence-electron chi connectivity index (χ2n) is 7.26. The molecule has 144 valence electrons. The Morgan fingerprint density at radius 1 is 0.846 bits per heavy atom. The number of rotatable bonds is 6. The molecule has 1 atom stereocenters. The lowest BCUT2D eigenvalue weighted by atomic mass is 9.93. The number of piperazine rings is 1. The van der Waals surface area contributed by atoms with Crippen molar-refractivity contribution in [2.45, 2.75) is 32.7 Å². The van der Waals surface area contributed by atoms with E-state index in [-0.39, 0.29) is 24.8 Å². The Balaban J connectivity index is 0.00000169. The van der Waals surface area contributed by atoms with Crippen LogP contribution in [-0.4, -0.2) is 31.1 Å². The van der Waals surface area contributed by atoms with E-state index >= 15 is 0 Å². The molecule has 1 aliphatic rings. The average molecular weight is 395 g/mol. The molecule has 0 amide bonds. The Labute approximate surface area is 171 Å². The van der Waals surface area contributed by atoms with E-state index in [0.29, 0.717) is 6.04 Å². The van der Waals surface area contributed by atoms with Crippen LogP contribution in [0.3, 0.4) is 0 Å². The van der Waals surface area contributed by atoms with Crippen LogP contribution in [0.2, 0.25) is 0 Å². The normalized spacial score (nSPS) is 15.8. The summed E-state index contributed by atoms with van der Waals surface area (Å²) in [5.41, 5.74) is 4.11. The van der Waals surface area contributed by atoms with Crippen molar-refractivity contribution in [2.24, 2.45) is 5.92 Å². The van der Waals surface area contributed by atoms with Crippen molar-refractivity contribution in [1.82, 2.24) is 10.2 Å². The molecule has 26 heavy (non-hydrogen) atoms. The first-order valence-corrected chi connectivity index (χ1v) is 9.34. The minimum Gasteiger partial charge on any atom is -0.314 e. The molecular formula is C22H32Cl2N2. The molecule has 1 aliphatic heterocycles. The number of hydrogen-bond acceptors (Lipinski definition) is 2. The minimum absolute atomic E-state index is 0. The van der Waals surface area contributed by atoms with E-state index in [4.69, 9.17) is 0 Å². The zero-order chi connectivity index (χ0) is 16.8. The fraction of sp³-hybridized carbons (Fsp3) is 0.455. The van der Waals surface area contributed by atoms with Gasteiger partial charge in [0.1, 0.15) is 0 Å². The number of hydrogen-bond donors (Lipinski definition) is 1. The molecule has 0 radical (unpaired) electrons. The van der Waals surface area contributed by atoms with Crippen molar-refractivity contribution in [3.8, 4) is 11.1 Å². The highest BCUT2D eigenvalue weighted by atomic mass is 35.5. The average Bonchev–Trinajstić information content (AvgIpc) is 2.64. The molecule has 4 heteroatoms. The van der Waals surface area contributed by atoms with Crippen molar-refractivity contribution < 1.29 is 0 Å². The summed E-state index contributed by atoms with van der Waals surface area (Å²) >= 11 is 0. The fourth-order valence-electron chi connectivity index (χ4n) is 3.60. The Morgan fingerprint density at radius 3 is 2.15 bits per heavy atom. The molecule has 1 fully saturated rings. The third kappa shape index (κ3) is 6.28. The first-order chi connectivity index (χ1) is 11.7. The molecule has 1 heterocycles. The number of nitrogens with one attached hydrogen (secondary N) is 1. The molecule has 0 aliphatic carbocycles. The van der Waals surface area contributed by atoms with Gasteiger partial charge in [0.2, 0.25) is 0 Å². The summed E-state index contributed by atoms with van der Waals surface area (Å²) < 4.78 is 0. The quantitative estimate of drug-likeness (QED) is 0.687. The summed E-state index contributed by atoms with van der Waals surface area (Å²) in [4.78, 5) is 2.67. The highest BCUT2D eigenvalue weighted by Gasteiger charge is 2.22. The monoisotopic (exact) mass is 394 g/mol. The van der Waals surface area contributed by atoms with Gasteiger partial charge in [0.05, 0.1) is 0 Å².